The Bertz CT molecular complexity index is 353. The van der Waals surface area contributed by atoms with Gasteiger partial charge in [0.15, 0.2) is 0 Å². The van der Waals surface area contributed by atoms with Crippen LogP contribution in [0.25, 0.3) is 0 Å². The van der Waals surface area contributed by atoms with Gasteiger partial charge in [0.2, 0.25) is 5.91 Å². The second-order valence-corrected chi connectivity index (χ2v) is 6.69. The number of aliphatic hydroxyl groups is 1. The third kappa shape index (κ3) is 2.64. The molecule has 0 aromatic rings. The van der Waals surface area contributed by atoms with E-state index in [0.29, 0.717) is 13.0 Å². The highest BCUT2D eigenvalue weighted by Gasteiger charge is 2.63. The van der Waals surface area contributed by atoms with Crippen LogP contribution in [0.2, 0.25) is 0 Å². The van der Waals surface area contributed by atoms with Gasteiger partial charge in [-0.25, -0.2) is 0 Å². The highest BCUT2D eigenvalue weighted by atomic mass is 16.5. The second kappa shape index (κ2) is 5.04. The summed E-state index contributed by atoms with van der Waals surface area (Å²) in [6, 6.07) is 0. The topological polar surface area (TPSA) is 84.6 Å². The van der Waals surface area contributed by atoms with E-state index in [1.54, 1.807) is 20.8 Å². The summed E-state index contributed by atoms with van der Waals surface area (Å²) < 4.78 is 5.61. The number of hydrogen-bond acceptors (Lipinski definition) is 4. The normalized spacial score (nSPS) is 31.5. The fourth-order valence-corrected chi connectivity index (χ4v) is 2.33. The fraction of sp³-hybridized carbons (Fsp3) is 0.929. The third-order valence-corrected chi connectivity index (χ3v) is 4.72. The zero-order valence-corrected chi connectivity index (χ0v) is 12.9. The molecule has 0 aromatic heterocycles. The zero-order chi connectivity index (χ0) is 15.1. The first-order chi connectivity index (χ1) is 8.49. The van der Waals surface area contributed by atoms with Crippen molar-refractivity contribution >= 4 is 5.91 Å². The third-order valence-electron chi connectivity index (χ3n) is 4.72. The van der Waals surface area contributed by atoms with Gasteiger partial charge < -0.3 is 20.9 Å². The van der Waals surface area contributed by atoms with Crippen molar-refractivity contribution in [3.63, 3.8) is 0 Å². The molecule has 19 heavy (non-hydrogen) atoms. The number of ether oxygens (including phenoxy) is 1. The molecule has 1 amide bonds. The van der Waals surface area contributed by atoms with Crippen molar-refractivity contribution < 1.29 is 14.6 Å². The highest BCUT2D eigenvalue weighted by Crippen LogP contribution is 2.50. The van der Waals surface area contributed by atoms with E-state index in [9.17, 15) is 9.90 Å². The standard InChI is InChI=1S/C14H28N2O3/c1-7-19-10-8-14(15,12(10,3)4)11(18)16-13(5,6)9(2)17/h9-10,17H,7-8,15H2,1-6H3,(H,16,18). The molecule has 1 aliphatic carbocycles. The van der Waals surface area contributed by atoms with Crippen LogP contribution >= 0.6 is 0 Å². The number of nitrogens with two attached hydrogens (primary N) is 1. The molecule has 0 aliphatic heterocycles. The summed E-state index contributed by atoms with van der Waals surface area (Å²) in [6.07, 6.45) is -0.135. The summed E-state index contributed by atoms with van der Waals surface area (Å²) in [6.45, 7) is 11.7. The lowest BCUT2D eigenvalue weighted by atomic mass is 9.54. The van der Waals surface area contributed by atoms with Gasteiger partial charge in [0.1, 0.15) is 5.54 Å². The van der Waals surface area contributed by atoms with E-state index in [1.807, 2.05) is 20.8 Å². The van der Waals surface area contributed by atoms with Crippen LogP contribution in [0.1, 0.15) is 48.0 Å². The van der Waals surface area contributed by atoms with Crippen LogP contribution in [0, 0.1) is 5.41 Å². The van der Waals surface area contributed by atoms with Gasteiger partial charge >= 0.3 is 0 Å². The lowest BCUT2D eigenvalue weighted by molar-refractivity contribution is -0.172. The molecule has 0 radical (unpaired) electrons. The van der Waals surface area contributed by atoms with Gasteiger partial charge in [-0.3, -0.25) is 4.79 Å². The average molecular weight is 272 g/mol. The molecule has 0 aromatic carbocycles. The van der Waals surface area contributed by atoms with Crippen LogP contribution in [-0.2, 0) is 9.53 Å². The van der Waals surface area contributed by atoms with Gasteiger partial charge in [-0.2, -0.15) is 0 Å². The molecule has 1 saturated carbocycles. The first kappa shape index (κ1) is 16.4. The number of hydrogen-bond donors (Lipinski definition) is 3. The van der Waals surface area contributed by atoms with Crippen LogP contribution in [0.15, 0.2) is 0 Å². The maximum absolute atomic E-state index is 12.4. The monoisotopic (exact) mass is 272 g/mol. The van der Waals surface area contributed by atoms with Crippen molar-refractivity contribution in [3.8, 4) is 0 Å². The molecule has 0 bridgehead atoms. The summed E-state index contributed by atoms with van der Waals surface area (Å²) in [5, 5.41) is 12.5. The SMILES string of the molecule is CCOC1CC(N)(C(=O)NC(C)(C)C(C)O)C1(C)C. The quantitative estimate of drug-likeness (QED) is 0.691. The molecular weight excluding hydrogens is 244 g/mol. The van der Waals surface area contributed by atoms with Gasteiger partial charge in [0.05, 0.1) is 17.7 Å². The number of carbonyl (C=O) groups is 1. The van der Waals surface area contributed by atoms with E-state index in [0.717, 1.165) is 0 Å². The molecule has 1 rings (SSSR count). The van der Waals surface area contributed by atoms with Gasteiger partial charge in [0.25, 0.3) is 0 Å². The molecule has 5 heteroatoms. The average Bonchev–Trinajstić information content (AvgIpc) is 2.27. The molecule has 3 atom stereocenters. The maximum Gasteiger partial charge on any atom is 0.241 e. The number of amides is 1. The highest BCUT2D eigenvalue weighted by molar-refractivity contribution is 5.89. The van der Waals surface area contributed by atoms with Crippen LogP contribution in [-0.4, -0.2) is 40.9 Å². The Hall–Kier alpha value is -0.650. The predicted molar refractivity (Wildman–Crippen MR) is 74.6 cm³/mol. The van der Waals surface area contributed by atoms with E-state index in [4.69, 9.17) is 10.5 Å². The summed E-state index contributed by atoms with van der Waals surface area (Å²) in [7, 11) is 0. The first-order valence-electron chi connectivity index (χ1n) is 6.90. The first-order valence-corrected chi connectivity index (χ1v) is 6.90. The van der Waals surface area contributed by atoms with Crippen molar-refractivity contribution in [1.82, 2.24) is 5.32 Å². The molecular formula is C14H28N2O3. The molecule has 1 fully saturated rings. The predicted octanol–water partition coefficient (Wildman–Crippen LogP) is 0.795. The van der Waals surface area contributed by atoms with Crippen molar-refractivity contribution in [2.45, 2.75) is 71.2 Å². The van der Waals surface area contributed by atoms with Crippen LogP contribution in [0.4, 0.5) is 0 Å². The summed E-state index contributed by atoms with van der Waals surface area (Å²) in [4.78, 5) is 12.4. The van der Waals surface area contributed by atoms with E-state index in [-0.39, 0.29) is 12.0 Å². The number of rotatable bonds is 5. The van der Waals surface area contributed by atoms with Crippen molar-refractivity contribution in [2.24, 2.45) is 11.1 Å². The van der Waals surface area contributed by atoms with Gasteiger partial charge in [-0.1, -0.05) is 13.8 Å². The molecule has 112 valence electrons. The molecule has 5 nitrogen and oxygen atoms in total. The molecule has 0 spiro atoms. The Kier molecular flexibility index (Phi) is 4.35. The second-order valence-electron chi connectivity index (χ2n) is 6.69. The lowest BCUT2D eigenvalue weighted by Crippen LogP contribution is -2.77. The van der Waals surface area contributed by atoms with Crippen molar-refractivity contribution in [2.75, 3.05) is 6.61 Å². The Balaban J connectivity index is 2.79. The van der Waals surface area contributed by atoms with E-state index in [1.165, 1.54) is 0 Å². The van der Waals surface area contributed by atoms with Gasteiger partial charge in [0, 0.05) is 18.4 Å². The maximum atomic E-state index is 12.4. The summed E-state index contributed by atoms with van der Waals surface area (Å²) in [5.41, 5.74) is 4.22. The minimum absolute atomic E-state index is 0.00270. The largest absolute Gasteiger partial charge is 0.391 e. The van der Waals surface area contributed by atoms with Crippen LogP contribution < -0.4 is 11.1 Å². The lowest BCUT2D eigenvalue weighted by Gasteiger charge is -2.58. The number of aliphatic hydroxyl groups excluding tert-OH is 1. The Morgan fingerprint density at radius 1 is 1.58 bits per heavy atom. The minimum Gasteiger partial charge on any atom is -0.391 e. The van der Waals surface area contributed by atoms with E-state index < -0.39 is 22.6 Å². The summed E-state index contributed by atoms with van der Waals surface area (Å²) >= 11 is 0. The molecule has 3 unspecified atom stereocenters. The van der Waals surface area contributed by atoms with Gasteiger partial charge in [-0.15, -0.1) is 0 Å². The van der Waals surface area contributed by atoms with E-state index in [2.05, 4.69) is 5.32 Å². The van der Waals surface area contributed by atoms with E-state index >= 15 is 0 Å². The van der Waals surface area contributed by atoms with Crippen molar-refractivity contribution in [3.05, 3.63) is 0 Å². The Morgan fingerprint density at radius 2 is 2.11 bits per heavy atom. The summed E-state index contributed by atoms with van der Waals surface area (Å²) in [5.74, 6) is -0.223. The molecule has 0 heterocycles. The van der Waals surface area contributed by atoms with Crippen LogP contribution in [0.5, 0.6) is 0 Å². The fourth-order valence-electron chi connectivity index (χ4n) is 2.33. The smallest absolute Gasteiger partial charge is 0.241 e. The minimum atomic E-state index is -0.945. The number of carbonyl (C=O) groups excluding carboxylic acids is 1. The number of nitrogens with one attached hydrogen (secondary N) is 1. The Morgan fingerprint density at radius 3 is 2.47 bits per heavy atom. The van der Waals surface area contributed by atoms with Crippen molar-refractivity contribution in [1.29, 1.82) is 0 Å². The molecule has 4 N–H and O–H groups in total. The van der Waals surface area contributed by atoms with Gasteiger partial charge in [-0.05, 0) is 27.7 Å². The Labute approximate surface area is 115 Å². The van der Waals surface area contributed by atoms with Crippen LogP contribution in [0.3, 0.4) is 0 Å². The molecule has 0 saturated heterocycles. The molecule has 1 aliphatic rings. The zero-order valence-electron chi connectivity index (χ0n) is 12.9.